The summed E-state index contributed by atoms with van der Waals surface area (Å²) in [5.74, 6) is -0.0183. The molecule has 1 saturated heterocycles. The van der Waals surface area contributed by atoms with Crippen molar-refractivity contribution in [3.63, 3.8) is 0 Å². The Balaban J connectivity index is 2.62. The number of rotatable bonds is 5. The molecule has 5 nitrogen and oxygen atoms in total. The smallest absolute Gasteiger partial charge is 0.239 e. The average molecular weight is 243 g/mol. The zero-order valence-corrected chi connectivity index (χ0v) is 11.1. The molecule has 1 rings (SSSR count). The summed E-state index contributed by atoms with van der Waals surface area (Å²) in [7, 11) is 3.94. The van der Waals surface area contributed by atoms with Crippen LogP contribution in [0.2, 0.25) is 0 Å². The fourth-order valence-electron chi connectivity index (χ4n) is 2.40. The number of carbonyl (C=O) groups excluding carboxylic acids is 1. The standard InChI is InChI=1S/C12H25N3O2/c1-4-5-11(13)12(17)15-8-10(16)6-9(15)7-14(2)3/h9-11,16H,4-8,13H2,1-3H3. The van der Waals surface area contributed by atoms with E-state index in [0.29, 0.717) is 19.4 Å². The molecular weight excluding hydrogens is 218 g/mol. The molecule has 0 aromatic rings. The van der Waals surface area contributed by atoms with Crippen molar-refractivity contribution in [1.82, 2.24) is 9.80 Å². The zero-order valence-electron chi connectivity index (χ0n) is 11.1. The van der Waals surface area contributed by atoms with E-state index in [1.54, 1.807) is 4.90 Å². The highest BCUT2D eigenvalue weighted by atomic mass is 16.3. The van der Waals surface area contributed by atoms with Gasteiger partial charge in [-0.25, -0.2) is 0 Å². The third kappa shape index (κ3) is 3.94. The summed E-state index contributed by atoms with van der Waals surface area (Å²) in [6.45, 7) is 3.22. The van der Waals surface area contributed by atoms with Crippen molar-refractivity contribution in [2.24, 2.45) is 5.73 Å². The Hall–Kier alpha value is -0.650. The maximum Gasteiger partial charge on any atom is 0.239 e. The van der Waals surface area contributed by atoms with E-state index in [1.807, 2.05) is 25.9 Å². The van der Waals surface area contributed by atoms with Gasteiger partial charge < -0.3 is 20.6 Å². The lowest BCUT2D eigenvalue weighted by Crippen LogP contribution is -2.48. The molecule has 1 aliphatic rings. The molecule has 1 amide bonds. The van der Waals surface area contributed by atoms with Gasteiger partial charge in [-0.3, -0.25) is 4.79 Å². The maximum absolute atomic E-state index is 12.1. The van der Waals surface area contributed by atoms with Crippen LogP contribution in [0.1, 0.15) is 26.2 Å². The molecule has 100 valence electrons. The molecule has 0 saturated carbocycles. The Bertz CT molecular complexity index is 258. The van der Waals surface area contributed by atoms with Gasteiger partial charge in [-0.15, -0.1) is 0 Å². The predicted molar refractivity (Wildman–Crippen MR) is 67.6 cm³/mol. The van der Waals surface area contributed by atoms with Crippen LogP contribution in [0.15, 0.2) is 0 Å². The molecule has 0 spiro atoms. The lowest BCUT2D eigenvalue weighted by Gasteiger charge is -2.29. The summed E-state index contributed by atoms with van der Waals surface area (Å²) < 4.78 is 0. The van der Waals surface area contributed by atoms with Gasteiger partial charge in [0.1, 0.15) is 0 Å². The van der Waals surface area contributed by atoms with Crippen LogP contribution in [0, 0.1) is 0 Å². The second kappa shape index (κ2) is 6.33. The fraction of sp³-hybridized carbons (Fsp3) is 0.917. The third-order valence-corrected chi connectivity index (χ3v) is 3.17. The summed E-state index contributed by atoms with van der Waals surface area (Å²) >= 11 is 0. The van der Waals surface area contributed by atoms with Gasteiger partial charge in [0.2, 0.25) is 5.91 Å². The number of aliphatic hydroxyl groups is 1. The lowest BCUT2D eigenvalue weighted by molar-refractivity contribution is -0.134. The summed E-state index contributed by atoms with van der Waals surface area (Å²) in [6.07, 6.45) is 1.86. The van der Waals surface area contributed by atoms with Crippen LogP contribution in [-0.2, 0) is 4.79 Å². The molecule has 5 heteroatoms. The molecule has 3 unspecified atom stereocenters. The van der Waals surface area contributed by atoms with Crippen molar-refractivity contribution in [2.45, 2.75) is 44.4 Å². The van der Waals surface area contributed by atoms with Gasteiger partial charge in [0.15, 0.2) is 0 Å². The summed E-state index contributed by atoms with van der Waals surface area (Å²) in [5.41, 5.74) is 5.86. The first-order valence-electron chi connectivity index (χ1n) is 6.34. The summed E-state index contributed by atoms with van der Waals surface area (Å²) in [6, 6.07) is -0.328. The number of nitrogens with two attached hydrogens (primary N) is 1. The SMILES string of the molecule is CCCC(N)C(=O)N1CC(O)CC1CN(C)C. The molecule has 3 atom stereocenters. The van der Waals surface area contributed by atoms with Crippen LogP contribution in [0.25, 0.3) is 0 Å². The largest absolute Gasteiger partial charge is 0.391 e. The average Bonchev–Trinajstić information content (AvgIpc) is 2.57. The van der Waals surface area contributed by atoms with Gasteiger partial charge in [0, 0.05) is 19.1 Å². The van der Waals surface area contributed by atoms with Crippen molar-refractivity contribution in [2.75, 3.05) is 27.2 Å². The Labute approximate surface area is 104 Å². The van der Waals surface area contributed by atoms with E-state index in [0.717, 1.165) is 13.0 Å². The van der Waals surface area contributed by atoms with Crippen molar-refractivity contribution < 1.29 is 9.90 Å². The number of hydrogen-bond donors (Lipinski definition) is 2. The first-order chi connectivity index (χ1) is 7.95. The second-order valence-corrected chi connectivity index (χ2v) is 5.19. The molecule has 1 aliphatic heterocycles. The number of hydrogen-bond acceptors (Lipinski definition) is 4. The number of amides is 1. The number of likely N-dealkylation sites (N-methyl/N-ethyl adjacent to an activating group) is 1. The minimum Gasteiger partial charge on any atom is -0.391 e. The zero-order chi connectivity index (χ0) is 13.0. The van der Waals surface area contributed by atoms with E-state index in [1.165, 1.54) is 0 Å². The monoisotopic (exact) mass is 243 g/mol. The highest BCUT2D eigenvalue weighted by Crippen LogP contribution is 2.19. The molecule has 3 N–H and O–H groups in total. The molecule has 17 heavy (non-hydrogen) atoms. The van der Waals surface area contributed by atoms with Gasteiger partial charge in [-0.05, 0) is 26.9 Å². The van der Waals surface area contributed by atoms with E-state index < -0.39 is 12.1 Å². The van der Waals surface area contributed by atoms with Crippen LogP contribution >= 0.6 is 0 Å². The first-order valence-corrected chi connectivity index (χ1v) is 6.34. The molecular formula is C12H25N3O2. The van der Waals surface area contributed by atoms with Crippen LogP contribution < -0.4 is 5.73 Å². The van der Waals surface area contributed by atoms with Crippen LogP contribution in [0.4, 0.5) is 0 Å². The molecule has 0 bridgehead atoms. The Morgan fingerprint density at radius 1 is 1.59 bits per heavy atom. The molecule has 0 radical (unpaired) electrons. The topological polar surface area (TPSA) is 69.8 Å². The van der Waals surface area contributed by atoms with Crippen molar-refractivity contribution in [3.8, 4) is 0 Å². The minimum absolute atomic E-state index is 0.0183. The van der Waals surface area contributed by atoms with Gasteiger partial charge in [0.25, 0.3) is 0 Å². The quantitative estimate of drug-likeness (QED) is 0.692. The molecule has 0 aromatic heterocycles. The molecule has 0 aromatic carbocycles. The van der Waals surface area contributed by atoms with Gasteiger partial charge >= 0.3 is 0 Å². The van der Waals surface area contributed by atoms with Crippen LogP contribution in [-0.4, -0.2) is 66.2 Å². The van der Waals surface area contributed by atoms with Crippen LogP contribution in [0.5, 0.6) is 0 Å². The summed E-state index contributed by atoms with van der Waals surface area (Å²) in [5, 5.41) is 9.69. The van der Waals surface area contributed by atoms with E-state index in [2.05, 4.69) is 0 Å². The number of carbonyl (C=O) groups is 1. The lowest BCUT2D eigenvalue weighted by atomic mass is 10.1. The van der Waals surface area contributed by atoms with E-state index >= 15 is 0 Å². The van der Waals surface area contributed by atoms with E-state index in [9.17, 15) is 9.90 Å². The highest BCUT2D eigenvalue weighted by molar-refractivity contribution is 5.82. The van der Waals surface area contributed by atoms with E-state index in [4.69, 9.17) is 5.73 Å². The van der Waals surface area contributed by atoms with Crippen LogP contribution in [0.3, 0.4) is 0 Å². The normalized spacial score (nSPS) is 26.6. The van der Waals surface area contributed by atoms with Crippen molar-refractivity contribution in [1.29, 1.82) is 0 Å². The van der Waals surface area contributed by atoms with Gasteiger partial charge in [-0.1, -0.05) is 13.3 Å². The maximum atomic E-state index is 12.1. The third-order valence-electron chi connectivity index (χ3n) is 3.17. The fourth-order valence-corrected chi connectivity index (χ4v) is 2.40. The Morgan fingerprint density at radius 2 is 2.24 bits per heavy atom. The van der Waals surface area contributed by atoms with Crippen molar-refractivity contribution >= 4 is 5.91 Å². The first kappa shape index (κ1) is 14.4. The van der Waals surface area contributed by atoms with Gasteiger partial charge in [0.05, 0.1) is 12.1 Å². The summed E-state index contributed by atoms with van der Waals surface area (Å²) in [4.78, 5) is 15.9. The predicted octanol–water partition coefficient (Wildman–Crippen LogP) is -0.363. The molecule has 0 aliphatic carbocycles. The minimum atomic E-state index is -0.421. The number of likely N-dealkylation sites (tertiary alicyclic amines) is 1. The number of nitrogens with zero attached hydrogens (tertiary/aromatic N) is 2. The Morgan fingerprint density at radius 3 is 2.76 bits per heavy atom. The second-order valence-electron chi connectivity index (χ2n) is 5.19. The molecule has 1 fully saturated rings. The number of aliphatic hydroxyl groups excluding tert-OH is 1. The molecule has 1 heterocycles. The Kier molecular flexibility index (Phi) is 5.36. The number of β-amino-alcohol motifs (C(OH)–C–C–N with tert-alkyl or cyclic N) is 1. The van der Waals surface area contributed by atoms with E-state index in [-0.39, 0.29) is 11.9 Å². The van der Waals surface area contributed by atoms with Gasteiger partial charge in [-0.2, -0.15) is 0 Å². The van der Waals surface area contributed by atoms with Crippen molar-refractivity contribution in [3.05, 3.63) is 0 Å². The highest BCUT2D eigenvalue weighted by Gasteiger charge is 2.36.